The third-order valence-corrected chi connectivity index (χ3v) is 5.72. The van der Waals surface area contributed by atoms with Gasteiger partial charge in [0.25, 0.3) is 0 Å². The molecule has 33 heavy (non-hydrogen) atoms. The second-order valence-corrected chi connectivity index (χ2v) is 8.70. The molecule has 0 spiro atoms. The molecule has 1 saturated heterocycles. The zero-order chi connectivity index (χ0) is 25.3. The Balaban J connectivity index is 2.75. The van der Waals surface area contributed by atoms with E-state index in [0.717, 1.165) is 0 Å². The lowest BCUT2D eigenvalue weighted by atomic mass is 10.1. The standard InChI is InChI=1S/C22H38N6O5/c1-12-9-11-28(22(12)33)15(4)20(31)26-14(3)19(30)27-18(8-7-10-24-17(6)23)21(32)25-13(2)16(5)29/h12-15,18H,7-11H2,1-6H3,(H2,23,24)(H,25,32)(H,26,31)(H,27,30)/t12-,13+,14+,15+,18+/m1/s1. The first kappa shape index (κ1) is 28.1. The Labute approximate surface area is 195 Å². The molecule has 1 aliphatic heterocycles. The quantitative estimate of drug-likeness (QED) is 0.172. The molecule has 0 radical (unpaired) electrons. The summed E-state index contributed by atoms with van der Waals surface area (Å²) in [7, 11) is 0. The summed E-state index contributed by atoms with van der Waals surface area (Å²) in [4.78, 5) is 67.2. The number of carbonyl (C=O) groups is 5. The summed E-state index contributed by atoms with van der Waals surface area (Å²) in [5.74, 6) is -1.49. The minimum atomic E-state index is -0.931. The van der Waals surface area contributed by atoms with E-state index in [-0.39, 0.29) is 24.0 Å². The maximum Gasteiger partial charge on any atom is 0.243 e. The Hall–Kier alpha value is -2.98. The summed E-state index contributed by atoms with van der Waals surface area (Å²) < 4.78 is 0. The van der Waals surface area contributed by atoms with E-state index in [2.05, 4.69) is 20.9 Å². The van der Waals surface area contributed by atoms with Gasteiger partial charge in [-0.2, -0.15) is 0 Å². The lowest BCUT2D eigenvalue weighted by molar-refractivity contribution is -0.139. The van der Waals surface area contributed by atoms with Crippen LogP contribution in [0.5, 0.6) is 0 Å². The number of carbonyl (C=O) groups excluding carboxylic acids is 5. The summed E-state index contributed by atoms with van der Waals surface area (Å²) in [5, 5.41) is 7.83. The van der Waals surface area contributed by atoms with Crippen molar-refractivity contribution in [3.8, 4) is 0 Å². The Kier molecular flexibility index (Phi) is 11.0. The van der Waals surface area contributed by atoms with Crippen LogP contribution in [0.2, 0.25) is 0 Å². The van der Waals surface area contributed by atoms with E-state index in [1.807, 2.05) is 6.92 Å². The molecule has 0 aromatic carbocycles. The van der Waals surface area contributed by atoms with Gasteiger partial charge in [-0.3, -0.25) is 29.0 Å². The largest absolute Gasteiger partial charge is 0.388 e. The van der Waals surface area contributed by atoms with Crippen LogP contribution in [0.3, 0.4) is 0 Å². The molecule has 5 N–H and O–H groups in total. The van der Waals surface area contributed by atoms with Crippen LogP contribution < -0.4 is 21.7 Å². The average molecular weight is 467 g/mol. The van der Waals surface area contributed by atoms with E-state index >= 15 is 0 Å². The number of nitrogens with one attached hydrogen (secondary N) is 3. The molecule has 0 aromatic heterocycles. The molecule has 0 bridgehead atoms. The van der Waals surface area contributed by atoms with Crippen molar-refractivity contribution in [3.63, 3.8) is 0 Å². The van der Waals surface area contributed by atoms with Crippen molar-refractivity contribution in [1.82, 2.24) is 20.9 Å². The summed E-state index contributed by atoms with van der Waals surface area (Å²) in [5.41, 5.74) is 5.52. The Bertz CT molecular complexity index is 779. The van der Waals surface area contributed by atoms with Crippen molar-refractivity contribution < 1.29 is 24.0 Å². The van der Waals surface area contributed by atoms with Crippen LogP contribution in [0, 0.1) is 5.92 Å². The maximum atomic E-state index is 12.7. The molecule has 1 rings (SSSR count). The number of Topliss-reactive ketones (excluding diaryl/α,β-unsaturated/α-hetero) is 1. The Morgan fingerprint density at radius 3 is 2.15 bits per heavy atom. The minimum absolute atomic E-state index is 0.0820. The van der Waals surface area contributed by atoms with Gasteiger partial charge in [0.05, 0.1) is 11.9 Å². The molecular weight excluding hydrogens is 428 g/mol. The van der Waals surface area contributed by atoms with Crippen LogP contribution >= 0.6 is 0 Å². The lowest BCUT2D eigenvalue weighted by Crippen LogP contribution is -2.56. The highest BCUT2D eigenvalue weighted by Crippen LogP contribution is 2.19. The van der Waals surface area contributed by atoms with Crippen molar-refractivity contribution in [2.24, 2.45) is 16.6 Å². The number of nitrogens with two attached hydrogens (primary N) is 1. The van der Waals surface area contributed by atoms with E-state index in [0.29, 0.717) is 31.8 Å². The fourth-order valence-electron chi connectivity index (χ4n) is 3.31. The fraction of sp³-hybridized carbons (Fsp3) is 0.727. The summed E-state index contributed by atoms with van der Waals surface area (Å²) in [6, 6.07) is -3.24. The fourth-order valence-corrected chi connectivity index (χ4v) is 3.31. The van der Waals surface area contributed by atoms with E-state index in [9.17, 15) is 24.0 Å². The summed E-state index contributed by atoms with van der Waals surface area (Å²) in [6.45, 7) is 10.4. The van der Waals surface area contributed by atoms with Gasteiger partial charge in [-0.05, 0) is 53.9 Å². The molecule has 1 fully saturated rings. The van der Waals surface area contributed by atoms with Crippen LogP contribution in [-0.4, -0.2) is 77.4 Å². The number of hydrogen-bond acceptors (Lipinski definition) is 6. The normalized spacial score (nSPS) is 19.9. The molecule has 0 saturated carbocycles. The van der Waals surface area contributed by atoms with Crippen LogP contribution in [0.1, 0.15) is 60.8 Å². The first-order valence-corrected chi connectivity index (χ1v) is 11.3. The van der Waals surface area contributed by atoms with Crippen molar-refractivity contribution in [3.05, 3.63) is 0 Å². The van der Waals surface area contributed by atoms with Crippen LogP contribution in [-0.2, 0) is 24.0 Å². The van der Waals surface area contributed by atoms with Gasteiger partial charge in [-0.25, -0.2) is 0 Å². The summed E-state index contributed by atoms with van der Waals surface area (Å²) in [6.07, 6.45) is 1.44. The molecule has 5 atom stereocenters. The zero-order valence-electron chi connectivity index (χ0n) is 20.4. The smallest absolute Gasteiger partial charge is 0.243 e. The number of ketones is 1. The number of hydrogen-bond donors (Lipinski definition) is 4. The second-order valence-electron chi connectivity index (χ2n) is 8.70. The topological polar surface area (TPSA) is 163 Å². The molecule has 1 aliphatic rings. The SMILES string of the molecule is CC(=O)[C@H](C)NC(=O)[C@H](CCCN=C(C)N)NC(=O)[C@H](C)NC(=O)[C@H](C)N1CC[C@@H](C)C1=O. The zero-order valence-corrected chi connectivity index (χ0v) is 20.4. The van der Waals surface area contributed by atoms with Crippen molar-refractivity contribution in [2.45, 2.75) is 85.0 Å². The number of amides is 4. The van der Waals surface area contributed by atoms with Crippen LogP contribution in [0.15, 0.2) is 4.99 Å². The van der Waals surface area contributed by atoms with Gasteiger partial charge in [0, 0.05) is 19.0 Å². The highest BCUT2D eigenvalue weighted by atomic mass is 16.2. The Morgan fingerprint density at radius 1 is 1.03 bits per heavy atom. The Morgan fingerprint density at radius 2 is 1.64 bits per heavy atom. The maximum absolute atomic E-state index is 12.7. The monoisotopic (exact) mass is 466 g/mol. The number of aliphatic imine (C=N–C) groups is 1. The van der Waals surface area contributed by atoms with Crippen molar-refractivity contribution >= 4 is 35.2 Å². The second kappa shape index (κ2) is 12.9. The van der Waals surface area contributed by atoms with Gasteiger partial charge < -0.3 is 26.6 Å². The van der Waals surface area contributed by atoms with Gasteiger partial charge in [-0.1, -0.05) is 6.92 Å². The molecule has 4 amide bonds. The third-order valence-electron chi connectivity index (χ3n) is 5.72. The molecule has 0 aromatic rings. The molecule has 0 unspecified atom stereocenters. The lowest BCUT2D eigenvalue weighted by Gasteiger charge is -2.26. The van der Waals surface area contributed by atoms with Gasteiger partial charge >= 0.3 is 0 Å². The van der Waals surface area contributed by atoms with Gasteiger partial charge in [0.2, 0.25) is 23.6 Å². The first-order valence-electron chi connectivity index (χ1n) is 11.3. The number of likely N-dealkylation sites (tertiary alicyclic amines) is 1. The first-order chi connectivity index (χ1) is 15.3. The van der Waals surface area contributed by atoms with Gasteiger partial charge in [0.1, 0.15) is 18.1 Å². The van der Waals surface area contributed by atoms with Crippen molar-refractivity contribution in [1.29, 1.82) is 0 Å². The third kappa shape index (κ3) is 8.82. The van der Waals surface area contributed by atoms with E-state index < -0.39 is 41.9 Å². The van der Waals surface area contributed by atoms with Crippen LogP contribution in [0.25, 0.3) is 0 Å². The number of nitrogens with zero attached hydrogens (tertiary/aromatic N) is 2. The molecular formula is C22H38N6O5. The highest BCUT2D eigenvalue weighted by molar-refractivity contribution is 5.95. The predicted octanol–water partition coefficient (Wildman–Crippen LogP) is -0.516. The molecule has 11 heteroatoms. The molecule has 11 nitrogen and oxygen atoms in total. The van der Waals surface area contributed by atoms with E-state index in [1.165, 1.54) is 18.7 Å². The van der Waals surface area contributed by atoms with Gasteiger partial charge in [0.15, 0.2) is 5.78 Å². The number of amidine groups is 1. The molecule has 1 heterocycles. The predicted molar refractivity (Wildman–Crippen MR) is 124 cm³/mol. The van der Waals surface area contributed by atoms with E-state index in [1.54, 1.807) is 20.8 Å². The van der Waals surface area contributed by atoms with Crippen LogP contribution in [0.4, 0.5) is 0 Å². The highest BCUT2D eigenvalue weighted by Gasteiger charge is 2.35. The molecule has 0 aliphatic carbocycles. The van der Waals surface area contributed by atoms with Gasteiger partial charge in [-0.15, -0.1) is 0 Å². The van der Waals surface area contributed by atoms with Crippen molar-refractivity contribution in [2.75, 3.05) is 13.1 Å². The molecule has 186 valence electrons. The number of rotatable bonds is 12. The average Bonchev–Trinajstić information content (AvgIpc) is 3.07. The summed E-state index contributed by atoms with van der Waals surface area (Å²) >= 11 is 0. The minimum Gasteiger partial charge on any atom is -0.388 e. The van der Waals surface area contributed by atoms with E-state index in [4.69, 9.17) is 5.73 Å².